The molecule has 8 heteroatoms. The number of rotatable bonds is 5. The molecule has 1 aromatic carbocycles. The van der Waals surface area contributed by atoms with Crippen LogP contribution in [-0.4, -0.2) is 74.6 Å². The Labute approximate surface area is 164 Å². The highest BCUT2D eigenvalue weighted by atomic mass is 16.5. The zero-order valence-corrected chi connectivity index (χ0v) is 16.0. The van der Waals surface area contributed by atoms with Gasteiger partial charge in [-0.1, -0.05) is 0 Å². The van der Waals surface area contributed by atoms with Crippen LogP contribution in [0.1, 0.15) is 25.7 Å². The molecule has 2 fully saturated rings. The number of nitrogens with zero attached hydrogens (tertiary/aromatic N) is 5. The summed E-state index contributed by atoms with van der Waals surface area (Å²) >= 11 is 0. The third-order valence-corrected chi connectivity index (χ3v) is 5.92. The van der Waals surface area contributed by atoms with Crippen LogP contribution in [0.5, 0.6) is 5.75 Å². The molecular formula is C20H27N5O3. The Hall–Kier alpha value is -2.61. The SMILES string of the molecule is O=C(O)N1CCN(C2CCC(COc3ccc(-n4cncn4)cc3)CC2)CC1. The van der Waals surface area contributed by atoms with E-state index in [9.17, 15) is 4.79 Å². The fraction of sp³-hybridized carbons (Fsp3) is 0.550. The minimum atomic E-state index is -0.796. The number of carboxylic acid groups (broad SMARTS) is 1. The van der Waals surface area contributed by atoms with Crippen molar-refractivity contribution in [1.82, 2.24) is 24.6 Å². The predicted octanol–water partition coefficient (Wildman–Crippen LogP) is 2.50. The highest BCUT2D eigenvalue weighted by Gasteiger charge is 2.29. The van der Waals surface area contributed by atoms with Crippen molar-refractivity contribution in [3.05, 3.63) is 36.9 Å². The van der Waals surface area contributed by atoms with E-state index in [-0.39, 0.29) is 0 Å². The van der Waals surface area contributed by atoms with E-state index < -0.39 is 6.09 Å². The van der Waals surface area contributed by atoms with Gasteiger partial charge in [0.2, 0.25) is 0 Å². The Bertz CT molecular complexity index is 749. The molecule has 1 aliphatic heterocycles. The van der Waals surface area contributed by atoms with Crippen LogP contribution in [0, 0.1) is 5.92 Å². The van der Waals surface area contributed by atoms with Gasteiger partial charge >= 0.3 is 6.09 Å². The number of hydrogen-bond acceptors (Lipinski definition) is 5. The van der Waals surface area contributed by atoms with Crippen LogP contribution >= 0.6 is 0 Å². The van der Waals surface area contributed by atoms with Gasteiger partial charge in [0.1, 0.15) is 18.4 Å². The second kappa shape index (κ2) is 8.60. The molecule has 0 bridgehead atoms. The van der Waals surface area contributed by atoms with Gasteiger partial charge in [0.05, 0.1) is 12.3 Å². The molecule has 2 heterocycles. The Kier molecular flexibility index (Phi) is 5.76. The number of benzene rings is 1. The standard InChI is InChI=1S/C20H27N5O3/c26-20(27)24-11-9-23(10-12-24)17-3-1-16(2-4-17)13-28-19-7-5-18(6-8-19)25-15-21-14-22-25/h5-8,14-17H,1-4,9-13H2,(H,26,27). The van der Waals surface area contributed by atoms with Gasteiger partial charge in [0.25, 0.3) is 0 Å². The van der Waals surface area contributed by atoms with E-state index in [0.717, 1.165) is 31.1 Å². The predicted molar refractivity (Wildman–Crippen MR) is 104 cm³/mol. The normalized spacial score (nSPS) is 23.5. The fourth-order valence-electron chi connectivity index (χ4n) is 4.21. The van der Waals surface area contributed by atoms with Gasteiger partial charge in [-0.15, -0.1) is 0 Å². The zero-order chi connectivity index (χ0) is 19.3. The molecule has 0 atom stereocenters. The number of ether oxygens (including phenoxy) is 1. The molecule has 1 N–H and O–H groups in total. The first kappa shape index (κ1) is 18.7. The van der Waals surface area contributed by atoms with Gasteiger partial charge in [-0.25, -0.2) is 14.5 Å². The highest BCUT2D eigenvalue weighted by molar-refractivity contribution is 5.65. The minimum Gasteiger partial charge on any atom is -0.493 e. The summed E-state index contributed by atoms with van der Waals surface area (Å²) in [5.74, 6) is 1.47. The maximum Gasteiger partial charge on any atom is 0.407 e. The summed E-state index contributed by atoms with van der Waals surface area (Å²) in [7, 11) is 0. The van der Waals surface area contributed by atoms with Crippen molar-refractivity contribution >= 4 is 6.09 Å². The van der Waals surface area contributed by atoms with Crippen molar-refractivity contribution in [3.8, 4) is 11.4 Å². The molecule has 4 rings (SSSR count). The lowest BCUT2D eigenvalue weighted by molar-refractivity contribution is 0.0619. The average molecular weight is 385 g/mol. The number of hydrogen-bond donors (Lipinski definition) is 1. The van der Waals surface area contributed by atoms with Crippen LogP contribution in [0.25, 0.3) is 5.69 Å². The number of amides is 1. The third-order valence-electron chi connectivity index (χ3n) is 5.92. The number of aromatic nitrogens is 3. The van der Waals surface area contributed by atoms with Gasteiger partial charge in [0, 0.05) is 32.2 Å². The molecule has 1 aromatic heterocycles. The molecule has 2 aromatic rings. The van der Waals surface area contributed by atoms with Crippen molar-refractivity contribution in [3.63, 3.8) is 0 Å². The summed E-state index contributed by atoms with van der Waals surface area (Å²) in [6, 6.07) is 8.51. The van der Waals surface area contributed by atoms with Gasteiger partial charge in [-0.3, -0.25) is 4.90 Å². The molecule has 1 saturated carbocycles. The second-order valence-corrected chi connectivity index (χ2v) is 7.63. The van der Waals surface area contributed by atoms with Crippen molar-refractivity contribution in [2.24, 2.45) is 5.92 Å². The lowest BCUT2D eigenvalue weighted by atomic mass is 9.85. The summed E-state index contributed by atoms with van der Waals surface area (Å²) in [6.07, 6.45) is 7.08. The smallest absolute Gasteiger partial charge is 0.407 e. The summed E-state index contributed by atoms with van der Waals surface area (Å²) in [5.41, 5.74) is 0.966. The highest BCUT2D eigenvalue weighted by Crippen LogP contribution is 2.29. The van der Waals surface area contributed by atoms with Crippen LogP contribution in [-0.2, 0) is 0 Å². The Morgan fingerprint density at radius 1 is 1.07 bits per heavy atom. The summed E-state index contributed by atoms with van der Waals surface area (Å²) in [6.45, 7) is 3.72. The number of carbonyl (C=O) groups is 1. The van der Waals surface area contributed by atoms with E-state index >= 15 is 0 Å². The Balaban J connectivity index is 1.19. The zero-order valence-electron chi connectivity index (χ0n) is 16.0. The lowest BCUT2D eigenvalue weighted by Crippen LogP contribution is -2.52. The second-order valence-electron chi connectivity index (χ2n) is 7.63. The fourth-order valence-corrected chi connectivity index (χ4v) is 4.21. The van der Waals surface area contributed by atoms with E-state index in [1.165, 1.54) is 36.9 Å². The minimum absolute atomic E-state index is 0.589. The molecule has 2 aliphatic rings. The van der Waals surface area contributed by atoms with Gasteiger partial charge in [-0.2, -0.15) is 5.10 Å². The molecule has 1 amide bonds. The van der Waals surface area contributed by atoms with Crippen molar-refractivity contribution in [2.45, 2.75) is 31.7 Å². The largest absolute Gasteiger partial charge is 0.493 e. The first-order valence-electron chi connectivity index (χ1n) is 9.99. The molecule has 0 spiro atoms. The molecule has 1 aliphatic carbocycles. The first-order chi connectivity index (χ1) is 13.7. The van der Waals surface area contributed by atoms with Gasteiger partial charge in [0.15, 0.2) is 0 Å². The van der Waals surface area contributed by atoms with Gasteiger partial charge in [-0.05, 0) is 55.9 Å². The third kappa shape index (κ3) is 4.44. The van der Waals surface area contributed by atoms with Crippen molar-refractivity contribution in [1.29, 1.82) is 0 Å². The topological polar surface area (TPSA) is 83.7 Å². The van der Waals surface area contributed by atoms with Crippen LogP contribution in [0.3, 0.4) is 0 Å². The Morgan fingerprint density at radius 3 is 2.39 bits per heavy atom. The quantitative estimate of drug-likeness (QED) is 0.851. The van der Waals surface area contributed by atoms with Crippen molar-refractivity contribution in [2.75, 3.05) is 32.8 Å². The molecule has 1 saturated heterocycles. The lowest BCUT2D eigenvalue weighted by Gasteiger charge is -2.41. The summed E-state index contributed by atoms with van der Waals surface area (Å²) < 4.78 is 7.73. The molecule has 28 heavy (non-hydrogen) atoms. The molecule has 0 unspecified atom stereocenters. The van der Waals surface area contributed by atoms with Crippen LogP contribution in [0.2, 0.25) is 0 Å². The van der Waals surface area contributed by atoms with E-state index in [4.69, 9.17) is 9.84 Å². The monoisotopic (exact) mass is 385 g/mol. The molecule has 150 valence electrons. The van der Waals surface area contributed by atoms with Crippen LogP contribution in [0.15, 0.2) is 36.9 Å². The molecular weight excluding hydrogens is 358 g/mol. The summed E-state index contributed by atoms with van der Waals surface area (Å²) in [4.78, 5) is 19.0. The maximum atomic E-state index is 11.0. The first-order valence-corrected chi connectivity index (χ1v) is 9.99. The number of piperazine rings is 1. The van der Waals surface area contributed by atoms with Gasteiger partial charge < -0.3 is 14.7 Å². The Morgan fingerprint density at radius 2 is 1.79 bits per heavy atom. The molecule has 8 nitrogen and oxygen atoms in total. The van der Waals surface area contributed by atoms with Crippen LogP contribution in [0.4, 0.5) is 4.79 Å². The van der Waals surface area contributed by atoms with E-state index in [1.807, 2.05) is 24.3 Å². The maximum absolute atomic E-state index is 11.0. The van der Waals surface area contributed by atoms with E-state index in [2.05, 4.69) is 15.0 Å². The van der Waals surface area contributed by atoms with E-state index in [0.29, 0.717) is 25.0 Å². The summed E-state index contributed by atoms with van der Waals surface area (Å²) in [5, 5.41) is 13.2. The van der Waals surface area contributed by atoms with Crippen LogP contribution < -0.4 is 4.74 Å². The van der Waals surface area contributed by atoms with Crippen molar-refractivity contribution < 1.29 is 14.6 Å². The average Bonchev–Trinajstić information content (AvgIpc) is 3.28. The molecule has 0 radical (unpaired) electrons. The van der Waals surface area contributed by atoms with E-state index in [1.54, 1.807) is 11.0 Å².